The van der Waals surface area contributed by atoms with Gasteiger partial charge in [0.05, 0.1) is 4.90 Å². The van der Waals surface area contributed by atoms with E-state index in [1.54, 1.807) is 30.6 Å². The smallest absolute Gasteiger partial charge is 0.244 e. The van der Waals surface area contributed by atoms with Crippen molar-refractivity contribution in [2.75, 3.05) is 18.4 Å². The van der Waals surface area contributed by atoms with Gasteiger partial charge in [0, 0.05) is 35.6 Å². The number of imidazole rings is 1. The van der Waals surface area contributed by atoms with Gasteiger partial charge >= 0.3 is 0 Å². The van der Waals surface area contributed by atoms with Crippen LogP contribution in [0.3, 0.4) is 0 Å². The van der Waals surface area contributed by atoms with Crippen molar-refractivity contribution < 1.29 is 8.42 Å². The predicted octanol–water partition coefficient (Wildman–Crippen LogP) is 2.70. The van der Waals surface area contributed by atoms with Gasteiger partial charge in [-0.15, -0.1) is 0 Å². The van der Waals surface area contributed by atoms with Crippen LogP contribution in [-0.4, -0.2) is 35.8 Å². The number of sulfonamides is 1. The summed E-state index contributed by atoms with van der Waals surface area (Å²) >= 11 is 3.33. The average molecular weight is 371 g/mol. The Hall–Kier alpha value is -1.38. The zero-order valence-electron chi connectivity index (χ0n) is 11.2. The highest BCUT2D eigenvalue weighted by Gasteiger charge is 2.29. The van der Waals surface area contributed by atoms with Crippen LogP contribution in [0, 0.1) is 0 Å². The summed E-state index contributed by atoms with van der Waals surface area (Å²) in [5.74, 6) is 0.571. The molecule has 1 saturated heterocycles. The second-order valence-corrected chi connectivity index (χ2v) is 7.58. The molecule has 1 fully saturated rings. The molecule has 0 unspecified atom stereocenters. The van der Waals surface area contributed by atoms with Crippen molar-refractivity contribution in [2.45, 2.75) is 17.7 Å². The summed E-state index contributed by atoms with van der Waals surface area (Å²) in [5, 5.41) is 3.04. The predicted molar refractivity (Wildman–Crippen MR) is 84.0 cm³/mol. The van der Waals surface area contributed by atoms with Crippen molar-refractivity contribution in [3.05, 3.63) is 35.1 Å². The Morgan fingerprint density at radius 1 is 1.29 bits per heavy atom. The number of rotatable bonds is 4. The molecule has 0 amide bonds. The molecule has 3 rings (SSSR count). The molecule has 6 nitrogen and oxygen atoms in total. The summed E-state index contributed by atoms with van der Waals surface area (Å²) in [4.78, 5) is 7.26. The van der Waals surface area contributed by atoms with E-state index in [9.17, 15) is 8.42 Å². The first-order valence-corrected chi connectivity index (χ1v) is 8.87. The van der Waals surface area contributed by atoms with Gasteiger partial charge in [0.1, 0.15) is 0 Å². The van der Waals surface area contributed by atoms with E-state index in [0.29, 0.717) is 29.2 Å². The van der Waals surface area contributed by atoms with E-state index < -0.39 is 10.0 Å². The second-order valence-electron chi connectivity index (χ2n) is 4.82. The lowest BCUT2D eigenvalue weighted by atomic mass is 10.3. The third kappa shape index (κ3) is 2.97. The topological polar surface area (TPSA) is 78.1 Å². The van der Waals surface area contributed by atoms with Crippen LogP contribution in [0.4, 0.5) is 11.6 Å². The number of nitrogens with zero attached hydrogens (tertiary/aromatic N) is 2. The quantitative estimate of drug-likeness (QED) is 0.866. The molecule has 2 aromatic rings. The van der Waals surface area contributed by atoms with Crippen LogP contribution < -0.4 is 5.32 Å². The second kappa shape index (κ2) is 5.78. The molecule has 1 aromatic carbocycles. The highest BCUT2D eigenvalue weighted by Crippen LogP contribution is 2.30. The summed E-state index contributed by atoms with van der Waals surface area (Å²) in [6.07, 6.45) is 5.16. The Morgan fingerprint density at radius 2 is 2.05 bits per heavy atom. The van der Waals surface area contributed by atoms with Crippen LogP contribution in [0.15, 0.2) is 40.0 Å². The van der Waals surface area contributed by atoms with Gasteiger partial charge in [0.2, 0.25) is 16.0 Å². The fourth-order valence-electron chi connectivity index (χ4n) is 2.32. The molecule has 1 aliphatic rings. The van der Waals surface area contributed by atoms with E-state index in [1.807, 2.05) is 0 Å². The van der Waals surface area contributed by atoms with Gasteiger partial charge in [-0.3, -0.25) is 0 Å². The summed E-state index contributed by atoms with van der Waals surface area (Å²) in [7, 11) is -3.45. The van der Waals surface area contributed by atoms with Gasteiger partial charge in [-0.1, -0.05) is 0 Å². The summed E-state index contributed by atoms with van der Waals surface area (Å²) in [6.45, 7) is 1.18. The Balaban J connectivity index is 1.94. The molecule has 1 aliphatic heterocycles. The molecule has 112 valence electrons. The van der Waals surface area contributed by atoms with E-state index >= 15 is 0 Å². The van der Waals surface area contributed by atoms with E-state index in [-0.39, 0.29) is 4.90 Å². The number of aromatic amines is 1. The van der Waals surface area contributed by atoms with Crippen LogP contribution >= 0.6 is 15.9 Å². The first kappa shape index (κ1) is 14.6. The molecule has 21 heavy (non-hydrogen) atoms. The van der Waals surface area contributed by atoms with Gasteiger partial charge in [-0.05, 0) is 47.0 Å². The Bertz CT molecular complexity index is 725. The first-order valence-electron chi connectivity index (χ1n) is 6.63. The van der Waals surface area contributed by atoms with E-state index in [2.05, 4.69) is 31.2 Å². The van der Waals surface area contributed by atoms with Crippen LogP contribution in [0.5, 0.6) is 0 Å². The van der Waals surface area contributed by atoms with Crippen LogP contribution in [-0.2, 0) is 10.0 Å². The largest absolute Gasteiger partial charge is 0.331 e. The van der Waals surface area contributed by atoms with Gasteiger partial charge in [0.25, 0.3) is 0 Å². The Kier molecular flexibility index (Phi) is 4.01. The van der Waals surface area contributed by atoms with Crippen molar-refractivity contribution in [3.8, 4) is 0 Å². The number of hydrogen-bond acceptors (Lipinski definition) is 4. The molecule has 0 bridgehead atoms. The minimum Gasteiger partial charge on any atom is -0.331 e. The Morgan fingerprint density at radius 3 is 2.71 bits per heavy atom. The molecule has 2 heterocycles. The van der Waals surface area contributed by atoms with Gasteiger partial charge in [-0.25, -0.2) is 13.4 Å². The minimum absolute atomic E-state index is 0.279. The highest BCUT2D eigenvalue weighted by atomic mass is 79.9. The number of nitrogens with one attached hydrogen (secondary N) is 2. The molecule has 1 aromatic heterocycles. The number of benzene rings is 1. The van der Waals surface area contributed by atoms with Crippen molar-refractivity contribution in [1.29, 1.82) is 0 Å². The van der Waals surface area contributed by atoms with Crippen molar-refractivity contribution in [1.82, 2.24) is 14.3 Å². The number of aromatic nitrogens is 2. The molecule has 0 spiro atoms. The molecule has 0 atom stereocenters. The van der Waals surface area contributed by atoms with E-state index in [4.69, 9.17) is 0 Å². The van der Waals surface area contributed by atoms with Crippen LogP contribution in [0.1, 0.15) is 12.8 Å². The number of anilines is 2. The summed E-state index contributed by atoms with van der Waals surface area (Å²) in [6, 6.07) is 5.16. The lowest BCUT2D eigenvalue weighted by molar-refractivity contribution is 0.477. The molecule has 0 saturated carbocycles. The third-order valence-corrected chi connectivity index (χ3v) is 6.27. The van der Waals surface area contributed by atoms with Crippen LogP contribution in [0.25, 0.3) is 0 Å². The zero-order chi connectivity index (χ0) is 14.9. The number of H-pyrrole nitrogens is 1. The maximum atomic E-state index is 12.7. The monoisotopic (exact) mass is 370 g/mol. The van der Waals surface area contributed by atoms with Gasteiger partial charge in [0.15, 0.2) is 0 Å². The fraction of sp³-hybridized carbons (Fsp3) is 0.308. The molecule has 0 radical (unpaired) electrons. The minimum atomic E-state index is -3.45. The SMILES string of the molecule is O=S(=O)(c1cc(Nc2ncc[nH]2)ccc1Br)N1CCCC1. The maximum absolute atomic E-state index is 12.7. The zero-order valence-corrected chi connectivity index (χ0v) is 13.6. The maximum Gasteiger partial charge on any atom is 0.244 e. The average Bonchev–Trinajstić information content (AvgIpc) is 3.13. The molecule has 0 aliphatic carbocycles. The number of hydrogen-bond donors (Lipinski definition) is 2. The van der Waals surface area contributed by atoms with Crippen LogP contribution in [0.2, 0.25) is 0 Å². The Labute approximate surface area is 131 Å². The standard InChI is InChI=1S/C13H15BrN4O2S/c14-11-4-3-10(17-13-15-5-6-16-13)9-12(11)21(19,20)18-7-1-2-8-18/h3-6,9H,1-2,7-8H2,(H2,15,16,17). The lowest BCUT2D eigenvalue weighted by Gasteiger charge is -2.17. The summed E-state index contributed by atoms with van der Waals surface area (Å²) in [5.41, 5.74) is 0.672. The third-order valence-electron chi connectivity index (χ3n) is 3.38. The molecular formula is C13H15BrN4O2S. The van der Waals surface area contributed by atoms with Crippen molar-refractivity contribution in [2.24, 2.45) is 0 Å². The molecule has 8 heteroatoms. The lowest BCUT2D eigenvalue weighted by Crippen LogP contribution is -2.28. The fourth-order valence-corrected chi connectivity index (χ4v) is 4.78. The van der Waals surface area contributed by atoms with E-state index in [0.717, 1.165) is 12.8 Å². The van der Waals surface area contributed by atoms with Gasteiger partial charge in [-0.2, -0.15) is 4.31 Å². The van der Waals surface area contributed by atoms with Crippen molar-refractivity contribution in [3.63, 3.8) is 0 Å². The van der Waals surface area contributed by atoms with Gasteiger partial charge < -0.3 is 10.3 Å². The first-order chi connectivity index (χ1) is 10.1. The summed E-state index contributed by atoms with van der Waals surface area (Å²) < 4.78 is 27.4. The normalized spacial score (nSPS) is 16.2. The molecular weight excluding hydrogens is 356 g/mol. The van der Waals surface area contributed by atoms with E-state index in [1.165, 1.54) is 4.31 Å². The van der Waals surface area contributed by atoms with Crippen molar-refractivity contribution >= 4 is 37.6 Å². The number of halogens is 1. The highest BCUT2D eigenvalue weighted by molar-refractivity contribution is 9.10. The molecule has 2 N–H and O–H groups in total.